The van der Waals surface area contributed by atoms with Crippen molar-refractivity contribution in [3.8, 4) is 11.8 Å². The summed E-state index contributed by atoms with van der Waals surface area (Å²) in [6.07, 6.45) is 0. The number of aryl methyl sites for hydroxylation is 1. The molecule has 1 aromatic carbocycles. The largest absolute Gasteiger partial charge is 0.507 e. The maximum absolute atomic E-state index is 9.31. The van der Waals surface area contributed by atoms with Crippen LogP contribution in [0.2, 0.25) is 0 Å². The molecule has 0 aromatic heterocycles. The van der Waals surface area contributed by atoms with Gasteiger partial charge >= 0.3 is 0 Å². The van der Waals surface area contributed by atoms with Crippen LogP contribution in [0, 0.1) is 21.8 Å². The molecule has 0 unspecified atom stereocenters. The van der Waals surface area contributed by atoms with Crippen molar-refractivity contribution in [1.82, 2.24) is 0 Å². The SMILES string of the molecule is Cc1cc(C#N)cc(I)c1O. The third kappa shape index (κ3) is 1.63. The van der Waals surface area contributed by atoms with Gasteiger partial charge in [-0.3, -0.25) is 0 Å². The molecule has 0 bridgehead atoms. The zero-order valence-electron chi connectivity index (χ0n) is 5.93. The van der Waals surface area contributed by atoms with Crippen molar-refractivity contribution >= 4 is 22.6 Å². The van der Waals surface area contributed by atoms with E-state index in [1.807, 2.05) is 28.7 Å². The van der Waals surface area contributed by atoms with Crippen LogP contribution in [-0.2, 0) is 0 Å². The van der Waals surface area contributed by atoms with Gasteiger partial charge < -0.3 is 5.11 Å². The van der Waals surface area contributed by atoms with E-state index in [2.05, 4.69) is 0 Å². The number of hydrogen-bond acceptors (Lipinski definition) is 2. The van der Waals surface area contributed by atoms with Gasteiger partial charge in [0.15, 0.2) is 0 Å². The van der Waals surface area contributed by atoms with Crippen LogP contribution < -0.4 is 0 Å². The lowest BCUT2D eigenvalue weighted by molar-refractivity contribution is 0.467. The van der Waals surface area contributed by atoms with Crippen LogP contribution >= 0.6 is 22.6 Å². The van der Waals surface area contributed by atoms with E-state index < -0.39 is 0 Å². The Bertz CT molecular complexity index is 304. The number of phenolic OH excluding ortho intramolecular Hbond substituents is 1. The number of halogens is 1. The number of phenols is 1. The first kappa shape index (κ1) is 8.34. The lowest BCUT2D eigenvalue weighted by Gasteiger charge is -2.00. The molecule has 0 amide bonds. The minimum atomic E-state index is 0.268. The number of nitrogens with zero attached hydrogens (tertiary/aromatic N) is 1. The van der Waals surface area contributed by atoms with E-state index >= 15 is 0 Å². The molecule has 11 heavy (non-hydrogen) atoms. The minimum absolute atomic E-state index is 0.268. The van der Waals surface area contributed by atoms with E-state index in [4.69, 9.17) is 5.26 Å². The number of aromatic hydroxyl groups is 1. The summed E-state index contributed by atoms with van der Waals surface area (Å²) in [6.45, 7) is 1.78. The molecular formula is C8H6INO. The minimum Gasteiger partial charge on any atom is -0.507 e. The highest BCUT2D eigenvalue weighted by Gasteiger charge is 2.02. The van der Waals surface area contributed by atoms with Crippen LogP contribution in [0.3, 0.4) is 0 Å². The van der Waals surface area contributed by atoms with Gasteiger partial charge in [0, 0.05) is 0 Å². The Kier molecular flexibility index (Phi) is 2.35. The molecule has 0 atom stereocenters. The molecule has 1 aromatic rings. The molecule has 0 saturated heterocycles. The van der Waals surface area contributed by atoms with Crippen LogP contribution in [0.25, 0.3) is 0 Å². The normalized spacial score (nSPS) is 9.18. The average Bonchev–Trinajstić information content (AvgIpc) is 1.99. The van der Waals surface area contributed by atoms with Crippen molar-refractivity contribution in [2.45, 2.75) is 6.92 Å². The monoisotopic (exact) mass is 259 g/mol. The van der Waals surface area contributed by atoms with Gasteiger partial charge in [0.1, 0.15) is 5.75 Å². The first-order valence-corrected chi connectivity index (χ1v) is 4.12. The molecule has 0 radical (unpaired) electrons. The van der Waals surface area contributed by atoms with Crippen LogP contribution in [0.15, 0.2) is 12.1 Å². The quantitative estimate of drug-likeness (QED) is 0.725. The maximum Gasteiger partial charge on any atom is 0.131 e. The summed E-state index contributed by atoms with van der Waals surface area (Å²) in [6, 6.07) is 5.34. The van der Waals surface area contributed by atoms with Gasteiger partial charge in [-0.1, -0.05) is 0 Å². The van der Waals surface area contributed by atoms with E-state index in [-0.39, 0.29) is 5.75 Å². The van der Waals surface area contributed by atoms with Gasteiger partial charge in [-0.25, -0.2) is 0 Å². The van der Waals surface area contributed by atoms with Crippen molar-refractivity contribution in [3.05, 3.63) is 26.8 Å². The first-order chi connectivity index (χ1) is 5.15. The van der Waals surface area contributed by atoms with Gasteiger partial charge in [-0.15, -0.1) is 0 Å². The smallest absolute Gasteiger partial charge is 0.131 e. The fraction of sp³-hybridized carbons (Fsp3) is 0.125. The Morgan fingerprint density at radius 2 is 2.18 bits per heavy atom. The number of nitriles is 1. The van der Waals surface area contributed by atoms with Gasteiger partial charge in [-0.2, -0.15) is 5.26 Å². The van der Waals surface area contributed by atoms with Gasteiger partial charge in [-0.05, 0) is 47.2 Å². The van der Waals surface area contributed by atoms with E-state index in [1.165, 1.54) is 0 Å². The second-order valence-electron chi connectivity index (χ2n) is 2.24. The zero-order valence-corrected chi connectivity index (χ0v) is 8.08. The molecule has 0 heterocycles. The van der Waals surface area contributed by atoms with Crippen LogP contribution in [0.4, 0.5) is 0 Å². The van der Waals surface area contributed by atoms with Crippen LogP contribution in [-0.4, -0.2) is 5.11 Å². The van der Waals surface area contributed by atoms with E-state index in [0.717, 1.165) is 9.13 Å². The summed E-state index contributed by atoms with van der Waals surface area (Å²) in [4.78, 5) is 0. The van der Waals surface area contributed by atoms with E-state index in [1.54, 1.807) is 19.1 Å². The standard InChI is InChI=1S/C8H6INO/c1-5-2-6(4-10)3-7(9)8(5)11/h2-3,11H,1H3. The Hall–Kier alpha value is -0.760. The predicted molar refractivity (Wildman–Crippen MR) is 50.3 cm³/mol. The molecule has 0 spiro atoms. The lowest BCUT2D eigenvalue weighted by atomic mass is 10.1. The fourth-order valence-electron chi connectivity index (χ4n) is 0.801. The topological polar surface area (TPSA) is 44.0 Å². The molecule has 1 rings (SSSR count). The van der Waals surface area contributed by atoms with Crippen LogP contribution in [0.1, 0.15) is 11.1 Å². The molecule has 0 saturated carbocycles. The average molecular weight is 259 g/mol. The Labute approximate surface area is 78.6 Å². The molecule has 0 fully saturated rings. The van der Waals surface area contributed by atoms with Crippen molar-refractivity contribution in [1.29, 1.82) is 5.26 Å². The molecular weight excluding hydrogens is 253 g/mol. The summed E-state index contributed by atoms with van der Waals surface area (Å²) < 4.78 is 0.721. The first-order valence-electron chi connectivity index (χ1n) is 3.04. The highest BCUT2D eigenvalue weighted by molar-refractivity contribution is 14.1. The predicted octanol–water partition coefficient (Wildman–Crippen LogP) is 2.18. The fourth-order valence-corrected chi connectivity index (χ4v) is 1.56. The second kappa shape index (κ2) is 3.09. The second-order valence-corrected chi connectivity index (χ2v) is 3.40. The highest BCUT2D eigenvalue weighted by atomic mass is 127. The summed E-state index contributed by atoms with van der Waals surface area (Å²) in [5, 5.41) is 17.9. The number of benzene rings is 1. The molecule has 1 N–H and O–H groups in total. The Morgan fingerprint density at radius 3 is 2.64 bits per heavy atom. The van der Waals surface area contributed by atoms with Crippen molar-refractivity contribution < 1.29 is 5.11 Å². The summed E-state index contributed by atoms with van der Waals surface area (Å²) in [5.74, 6) is 0.268. The highest BCUT2D eigenvalue weighted by Crippen LogP contribution is 2.24. The Morgan fingerprint density at radius 1 is 1.55 bits per heavy atom. The van der Waals surface area contributed by atoms with Crippen molar-refractivity contribution in [3.63, 3.8) is 0 Å². The number of rotatable bonds is 0. The Balaban J connectivity index is 3.35. The molecule has 0 aliphatic heterocycles. The summed E-state index contributed by atoms with van der Waals surface area (Å²) >= 11 is 2.00. The van der Waals surface area contributed by atoms with Crippen molar-refractivity contribution in [2.24, 2.45) is 0 Å². The van der Waals surface area contributed by atoms with Crippen LogP contribution in [0.5, 0.6) is 5.75 Å². The van der Waals surface area contributed by atoms with E-state index in [0.29, 0.717) is 5.56 Å². The zero-order chi connectivity index (χ0) is 8.43. The van der Waals surface area contributed by atoms with Gasteiger partial charge in [0.2, 0.25) is 0 Å². The molecule has 0 aliphatic rings. The molecule has 3 heteroatoms. The third-order valence-corrected chi connectivity index (χ3v) is 2.21. The number of hydrogen-bond donors (Lipinski definition) is 1. The molecule has 2 nitrogen and oxygen atoms in total. The third-order valence-electron chi connectivity index (χ3n) is 1.38. The summed E-state index contributed by atoms with van der Waals surface area (Å²) in [7, 11) is 0. The molecule has 56 valence electrons. The van der Waals surface area contributed by atoms with Gasteiger partial charge in [0.05, 0.1) is 15.2 Å². The van der Waals surface area contributed by atoms with Gasteiger partial charge in [0.25, 0.3) is 0 Å². The lowest BCUT2D eigenvalue weighted by Crippen LogP contribution is -1.82. The van der Waals surface area contributed by atoms with Crippen molar-refractivity contribution in [2.75, 3.05) is 0 Å². The summed E-state index contributed by atoms with van der Waals surface area (Å²) in [5.41, 5.74) is 1.33. The molecule has 0 aliphatic carbocycles. The van der Waals surface area contributed by atoms with E-state index in [9.17, 15) is 5.11 Å². The maximum atomic E-state index is 9.31.